The van der Waals surface area contributed by atoms with Crippen molar-refractivity contribution in [3.05, 3.63) is 29.8 Å². The van der Waals surface area contributed by atoms with Gasteiger partial charge in [-0.15, -0.1) is 0 Å². The minimum Gasteiger partial charge on any atom is -0.496 e. The molecule has 0 amide bonds. The van der Waals surface area contributed by atoms with Gasteiger partial charge in [0.05, 0.1) is 7.11 Å². The highest BCUT2D eigenvalue weighted by atomic mass is 16.5. The summed E-state index contributed by atoms with van der Waals surface area (Å²) < 4.78 is 5.51. The van der Waals surface area contributed by atoms with Gasteiger partial charge in [0.25, 0.3) is 0 Å². The van der Waals surface area contributed by atoms with Crippen LogP contribution in [-0.4, -0.2) is 37.7 Å². The van der Waals surface area contributed by atoms with Crippen LogP contribution in [0.3, 0.4) is 0 Å². The quantitative estimate of drug-likeness (QED) is 0.779. The van der Waals surface area contributed by atoms with E-state index in [1.54, 1.807) is 7.11 Å². The lowest BCUT2D eigenvalue weighted by atomic mass is 10.0. The number of ether oxygens (including phenoxy) is 1. The van der Waals surface area contributed by atoms with E-state index in [-0.39, 0.29) is 0 Å². The standard InChI is InChI=1S/C16H26N2O/c1-4-17-15(12-18(5-2)13-10-11-13)14-8-6-7-9-16(14)19-3/h6-9,13,15,17H,4-5,10-12H2,1-3H3. The maximum absolute atomic E-state index is 5.51. The monoisotopic (exact) mass is 262 g/mol. The normalized spacial score (nSPS) is 16.6. The second-order valence-electron chi connectivity index (χ2n) is 5.17. The van der Waals surface area contributed by atoms with Crippen LogP contribution in [0.4, 0.5) is 0 Å². The van der Waals surface area contributed by atoms with Gasteiger partial charge < -0.3 is 10.1 Å². The third kappa shape index (κ3) is 3.71. The van der Waals surface area contributed by atoms with Crippen LogP contribution in [0.2, 0.25) is 0 Å². The lowest BCUT2D eigenvalue weighted by Crippen LogP contribution is -2.36. The number of rotatable bonds is 8. The Kier molecular flexibility index (Phi) is 5.23. The average molecular weight is 262 g/mol. The first-order valence-electron chi connectivity index (χ1n) is 7.40. The number of benzene rings is 1. The van der Waals surface area contributed by atoms with Gasteiger partial charge in [0.2, 0.25) is 0 Å². The molecule has 0 heterocycles. The molecule has 1 saturated carbocycles. The Morgan fingerprint density at radius 2 is 2.05 bits per heavy atom. The minimum atomic E-state index is 0.349. The lowest BCUT2D eigenvalue weighted by Gasteiger charge is -2.28. The molecular weight excluding hydrogens is 236 g/mol. The van der Waals surface area contributed by atoms with E-state index < -0.39 is 0 Å². The maximum Gasteiger partial charge on any atom is 0.123 e. The Morgan fingerprint density at radius 1 is 1.32 bits per heavy atom. The predicted octanol–water partition coefficient (Wildman–Crippen LogP) is 2.83. The number of hydrogen-bond acceptors (Lipinski definition) is 3. The summed E-state index contributed by atoms with van der Waals surface area (Å²) in [5.74, 6) is 0.986. The van der Waals surface area contributed by atoms with Crippen molar-refractivity contribution in [3.8, 4) is 5.75 Å². The van der Waals surface area contributed by atoms with Crippen LogP contribution in [0.15, 0.2) is 24.3 Å². The van der Waals surface area contributed by atoms with Crippen molar-refractivity contribution in [2.75, 3.05) is 26.7 Å². The first-order valence-corrected chi connectivity index (χ1v) is 7.40. The van der Waals surface area contributed by atoms with Crippen LogP contribution in [0, 0.1) is 0 Å². The molecule has 0 bridgehead atoms. The third-order valence-corrected chi connectivity index (χ3v) is 3.85. The van der Waals surface area contributed by atoms with E-state index in [1.807, 2.05) is 12.1 Å². The van der Waals surface area contributed by atoms with Gasteiger partial charge in [0, 0.05) is 24.2 Å². The van der Waals surface area contributed by atoms with Crippen LogP contribution in [-0.2, 0) is 0 Å². The van der Waals surface area contributed by atoms with E-state index in [4.69, 9.17) is 4.74 Å². The number of para-hydroxylation sites is 1. The van der Waals surface area contributed by atoms with Gasteiger partial charge in [-0.3, -0.25) is 4.90 Å². The summed E-state index contributed by atoms with van der Waals surface area (Å²) in [6.45, 7) is 7.58. The summed E-state index contributed by atoms with van der Waals surface area (Å²) in [6, 6.07) is 9.50. The molecule has 1 aromatic rings. The molecule has 3 nitrogen and oxygen atoms in total. The first-order chi connectivity index (χ1) is 9.30. The van der Waals surface area contributed by atoms with E-state index in [9.17, 15) is 0 Å². The molecule has 2 rings (SSSR count). The highest BCUT2D eigenvalue weighted by molar-refractivity contribution is 5.36. The molecule has 0 saturated heterocycles. The summed E-state index contributed by atoms with van der Waals surface area (Å²) in [5, 5.41) is 3.60. The largest absolute Gasteiger partial charge is 0.496 e. The second kappa shape index (κ2) is 6.92. The summed E-state index contributed by atoms with van der Waals surface area (Å²) in [7, 11) is 1.75. The van der Waals surface area contributed by atoms with Crippen LogP contribution in [0.5, 0.6) is 5.75 Å². The molecule has 0 spiro atoms. The fourth-order valence-electron chi connectivity index (χ4n) is 2.68. The van der Waals surface area contributed by atoms with Gasteiger partial charge in [-0.1, -0.05) is 32.0 Å². The van der Waals surface area contributed by atoms with Gasteiger partial charge in [0.1, 0.15) is 5.75 Å². The molecule has 1 aliphatic carbocycles. The van der Waals surface area contributed by atoms with E-state index >= 15 is 0 Å². The molecule has 1 N–H and O–H groups in total. The molecule has 106 valence electrons. The van der Waals surface area contributed by atoms with E-state index in [0.717, 1.165) is 31.4 Å². The molecule has 1 atom stereocenters. The molecule has 0 aliphatic heterocycles. The van der Waals surface area contributed by atoms with E-state index in [0.29, 0.717) is 6.04 Å². The fourth-order valence-corrected chi connectivity index (χ4v) is 2.68. The zero-order valence-electron chi connectivity index (χ0n) is 12.4. The topological polar surface area (TPSA) is 24.5 Å². The van der Waals surface area contributed by atoms with E-state index in [1.165, 1.54) is 18.4 Å². The Bertz CT molecular complexity index is 390. The SMILES string of the molecule is CCNC(CN(CC)C1CC1)c1ccccc1OC. The van der Waals surface area contributed by atoms with Gasteiger partial charge >= 0.3 is 0 Å². The highest BCUT2D eigenvalue weighted by Gasteiger charge is 2.30. The lowest BCUT2D eigenvalue weighted by molar-refractivity contribution is 0.243. The molecule has 1 aliphatic rings. The van der Waals surface area contributed by atoms with Crippen LogP contribution in [0.25, 0.3) is 0 Å². The zero-order valence-corrected chi connectivity index (χ0v) is 12.4. The minimum absolute atomic E-state index is 0.349. The fraction of sp³-hybridized carbons (Fsp3) is 0.625. The maximum atomic E-state index is 5.51. The number of nitrogens with zero attached hydrogens (tertiary/aromatic N) is 1. The van der Waals surface area contributed by atoms with Crippen molar-refractivity contribution in [2.45, 2.75) is 38.8 Å². The first kappa shape index (κ1) is 14.4. The predicted molar refractivity (Wildman–Crippen MR) is 79.7 cm³/mol. The van der Waals surface area contributed by atoms with Crippen LogP contribution < -0.4 is 10.1 Å². The Labute approximate surface area is 116 Å². The van der Waals surface area contributed by atoms with Gasteiger partial charge in [-0.05, 0) is 32.0 Å². The van der Waals surface area contributed by atoms with Crippen molar-refractivity contribution in [1.29, 1.82) is 0 Å². The highest BCUT2D eigenvalue weighted by Crippen LogP contribution is 2.31. The molecule has 1 unspecified atom stereocenters. The third-order valence-electron chi connectivity index (χ3n) is 3.85. The van der Waals surface area contributed by atoms with Crippen molar-refractivity contribution in [3.63, 3.8) is 0 Å². The summed E-state index contributed by atoms with van der Waals surface area (Å²) in [5.41, 5.74) is 1.27. The second-order valence-corrected chi connectivity index (χ2v) is 5.17. The number of likely N-dealkylation sites (N-methyl/N-ethyl adjacent to an activating group) is 2. The van der Waals surface area contributed by atoms with E-state index in [2.05, 4.69) is 36.2 Å². The summed E-state index contributed by atoms with van der Waals surface area (Å²) in [6.07, 6.45) is 2.72. The van der Waals surface area contributed by atoms with Gasteiger partial charge in [0.15, 0.2) is 0 Å². The molecule has 0 aromatic heterocycles. The molecule has 1 fully saturated rings. The number of nitrogens with one attached hydrogen (secondary N) is 1. The van der Waals surface area contributed by atoms with Gasteiger partial charge in [-0.25, -0.2) is 0 Å². The van der Waals surface area contributed by atoms with Crippen molar-refractivity contribution in [2.24, 2.45) is 0 Å². The molecule has 1 aromatic carbocycles. The average Bonchev–Trinajstić information content (AvgIpc) is 3.28. The number of methoxy groups -OCH3 is 1. The molecule has 19 heavy (non-hydrogen) atoms. The molecule has 3 heteroatoms. The summed E-state index contributed by atoms with van der Waals surface area (Å²) in [4.78, 5) is 2.58. The molecular formula is C16H26N2O. The van der Waals surface area contributed by atoms with Crippen molar-refractivity contribution >= 4 is 0 Å². The Morgan fingerprint density at radius 3 is 2.63 bits per heavy atom. The smallest absolute Gasteiger partial charge is 0.123 e. The Hall–Kier alpha value is -1.06. The zero-order chi connectivity index (χ0) is 13.7. The van der Waals surface area contributed by atoms with Crippen LogP contribution >= 0.6 is 0 Å². The van der Waals surface area contributed by atoms with Crippen LogP contribution in [0.1, 0.15) is 38.3 Å². The van der Waals surface area contributed by atoms with Crippen molar-refractivity contribution in [1.82, 2.24) is 10.2 Å². The number of hydrogen-bond donors (Lipinski definition) is 1. The van der Waals surface area contributed by atoms with Gasteiger partial charge in [-0.2, -0.15) is 0 Å². The molecule has 0 radical (unpaired) electrons. The summed E-state index contributed by atoms with van der Waals surface area (Å²) >= 11 is 0. The van der Waals surface area contributed by atoms with Crippen molar-refractivity contribution < 1.29 is 4.74 Å². The Balaban J connectivity index is 2.13.